The Morgan fingerprint density at radius 2 is 1.76 bits per heavy atom. The summed E-state index contributed by atoms with van der Waals surface area (Å²) in [4.78, 5) is 22.9. The summed E-state index contributed by atoms with van der Waals surface area (Å²) in [5.74, 6) is 2.89. The Balaban J connectivity index is 1.38. The first-order chi connectivity index (χ1) is 9.89. The normalized spacial score (nSPS) is 36.4. The Bertz CT molecular complexity index is 429. The number of carbonyl (C=O) groups is 2. The van der Waals surface area contributed by atoms with Gasteiger partial charge in [0.15, 0.2) is 0 Å². The SMILES string of the molecule is CC(C)(CCNC(=O)C1C2C3CCC(C3)C12)CCC(=O)O. The first-order valence-corrected chi connectivity index (χ1v) is 8.38. The highest BCUT2D eigenvalue weighted by atomic mass is 16.4. The van der Waals surface area contributed by atoms with E-state index >= 15 is 0 Å². The van der Waals surface area contributed by atoms with E-state index in [0.717, 1.165) is 18.3 Å². The van der Waals surface area contributed by atoms with Crippen LogP contribution in [-0.2, 0) is 9.59 Å². The summed E-state index contributed by atoms with van der Waals surface area (Å²) in [6.45, 7) is 4.83. The number of hydrogen-bond donors (Lipinski definition) is 2. The minimum absolute atomic E-state index is 0.0237. The fraction of sp³-hybridized carbons (Fsp3) is 0.882. The van der Waals surface area contributed by atoms with Gasteiger partial charge in [-0.2, -0.15) is 0 Å². The molecule has 3 fully saturated rings. The summed E-state index contributed by atoms with van der Waals surface area (Å²) in [6, 6.07) is 0. The zero-order valence-electron chi connectivity index (χ0n) is 13.1. The van der Waals surface area contributed by atoms with E-state index in [9.17, 15) is 9.59 Å². The molecule has 3 rings (SSSR count). The number of nitrogens with one attached hydrogen (secondary N) is 1. The average Bonchev–Trinajstić information content (AvgIpc) is 2.85. The Morgan fingerprint density at radius 3 is 2.33 bits per heavy atom. The van der Waals surface area contributed by atoms with Crippen molar-refractivity contribution in [2.24, 2.45) is 35.0 Å². The highest BCUT2D eigenvalue weighted by Crippen LogP contribution is 2.69. The maximum Gasteiger partial charge on any atom is 0.303 e. The van der Waals surface area contributed by atoms with Crippen molar-refractivity contribution in [3.05, 3.63) is 0 Å². The first kappa shape index (κ1) is 14.9. The Morgan fingerprint density at radius 1 is 1.14 bits per heavy atom. The predicted octanol–water partition coefficient (Wildman–Crippen LogP) is 2.68. The lowest BCUT2D eigenvalue weighted by Crippen LogP contribution is -2.31. The van der Waals surface area contributed by atoms with Crippen molar-refractivity contribution in [1.82, 2.24) is 5.32 Å². The van der Waals surface area contributed by atoms with Gasteiger partial charge in [-0.1, -0.05) is 13.8 Å². The van der Waals surface area contributed by atoms with Gasteiger partial charge in [0.2, 0.25) is 5.91 Å². The number of amides is 1. The van der Waals surface area contributed by atoms with Crippen LogP contribution in [0.4, 0.5) is 0 Å². The number of aliphatic carboxylic acids is 1. The Labute approximate surface area is 126 Å². The lowest BCUT2D eigenvalue weighted by molar-refractivity contribution is -0.137. The van der Waals surface area contributed by atoms with Crippen molar-refractivity contribution < 1.29 is 14.7 Å². The molecular formula is C17H27NO3. The molecular weight excluding hydrogens is 266 g/mol. The molecule has 3 saturated carbocycles. The van der Waals surface area contributed by atoms with Crippen molar-refractivity contribution >= 4 is 11.9 Å². The van der Waals surface area contributed by atoms with Crippen LogP contribution in [0.5, 0.6) is 0 Å². The van der Waals surface area contributed by atoms with E-state index in [2.05, 4.69) is 19.2 Å². The van der Waals surface area contributed by atoms with Gasteiger partial charge in [-0.05, 0) is 61.2 Å². The van der Waals surface area contributed by atoms with E-state index in [1.54, 1.807) is 0 Å². The minimum atomic E-state index is -0.742. The number of fused-ring (bicyclic) bond motifs is 5. The van der Waals surface area contributed by atoms with Crippen LogP contribution in [0.1, 0.15) is 52.4 Å². The van der Waals surface area contributed by atoms with Crippen molar-refractivity contribution in [1.29, 1.82) is 0 Å². The van der Waals surface area contributed by atoms with Crippen LogP contribution in [0.15, 0.2) is 0 Å². The molecule has 3 aliphatic rings. The topological polar surface area (TPSA) is 66.4 Å². The van der Waals surface area contributed by atoms with Crippen molar-refractivity contribution in [2.45, 2.75) is 52.4 Å². The van der Waals surface area contributed by atoms with Crippen molar-refractivity contribution in [2.75, 3.05) is 6.54 Å². The highest BCUT2D eigenvalue weighted by Gasteiger charge is 2.67. The van der Waals surface area contributed by atoms with E-state index in [-0.39, 0.29) is 17.7 Å². The second-order valence-electron chi connectivity index (χ2n) is 8.11. The summed E-state index contributed by atoms with van der Waals surface area (Å²) in [5, 5.41) is 11.8. The molecule has 0 saturated heterocycles. The third-order valence-electron chi connectivity index (χ3n) is 6.15. The molecule has 0 spiro atoms. The molecule has 1 amide bonds. The van der Waals surface area contributed by atoms with Gasteiger partial charge < -0.3 is 10.4 Å². The lowest BCUT2D eigenvalue weighted by atomic mass is 9.84. The van der Waals surface area contributed by atoms with Crippen LogP contribution >= 0.6 is 0 Å². The zero-order valence-corrected chi connectivity index (χ0v) is 13.1. The summed E-state index contributed by atoms with van der Waals surface area (Å²) >= 11 is 0. The molecule has 0 heterocycles. The van der Waals surface area contributed by atoms with Crippen LogP contribution in [0.25, 0.3) is 0 Å². The third-order valence-corrected chi connectivity index (χ3v) is 6.15. The van der Waals surface area contributed by atoms with Gasteiger partial charge in [0.1, 0.15) is 0 Å². The van der Waals surface area contributed by atoms with Gasteiger partial charge in [0.25, 0.3) is 0 Å². The molecule has 0 aromatic rings. The van der Waals surface area contributed by atoms with Gasteiger partial charge >= 0.3 is 5.97 Å². The second-order valence-corrected chi connectivity index (χ2v) is 8.11. The molecule has 4 atom stereocenters. The quantitative estimate of drug-likeness (QED) is 0.758. The third kappa shape index (κ3) is 2.95. The molecule has 3 aliphatic carbocycles. The van der Waals surface area contributed by atoms with Crippen LogP contribution < -0.4 is 5.32 Å². The van der Waals surface area contributed by atoms with E-state index in [1.807, 2.05) is 0 Å². The van der Waals surface area contributed by atoms with Gasteiger partial charge in [0, 0.05) is 18.9 Å². The first-order valence-electron chi connectivity index (χ1n) is 8.38. The smallest absolute Gasteiger partial charge is 0.303 e. The van der Waals surface area contributed by atoms with Crippen LogP contribution in [0.3, 0.4) is 0 Å². The molecule has 0 aromatic carbocycles. The molecule has 118 valence electrons. The fourth-order valence-corrected chi connectivity index (χ4v) is 4.89. The van der Waals surface area contributed by atoms with Gasteiger partial charge in [-0.3, -0.25) is 9.59 Å². The van der Waals surface area contributed by atoms with Gasteiger partial charge in [0.05, 0.1) is 0 Å². The molecule has 4 heteroatoms. The minimum Gasteiger partial charge on any atom is -0.481 e. The lowest BCUT2D eigenvalue weighted by Gasteiger charge is -2.24. The molecule has 4 nitrogen and oxygen atoms in total. The number of rotatable bonds is 7. The standard InChI is InChI=1S/C17H27NO3/c1-17(2,6-5-12(19)20)7-8-18-16(21)15-13-10-3-4-11(9-10)14(13)15/h10-11,13-15H,3-9H2,1-2H3,(H,18,21)(H,19,20). The summed E-state index contributed by atoms with van der Waals surface area (Å²) < 4.78 is 0. The number of carboxylic acids is 1. The van der Waals surface area contributed by atoms with E-state index in [1.165, 1.54) is 19.3 Å². The molecule has 2 N–H and O–H groups in total. The highest BCUT2D eigenvalue weighted by molar-refractivity contribution is 5.82. The molecule has 0 aliphatic heterocycles. The largest absolute Gasteiger partial charge is 0.481 e. The predicted molar refractivity (Wildman–Crippen MR) is 79.6 cm³/mol. The fourth-order valence-electron chi connectivity index (χ4n) is 4.89. The summed E-state index contributed by atoms with van der Waals surface area (Å²) in [6.07, 6.45) is 5.78. The van der Waals surface area contributed by atoms with Gasteiger partial charge in [-0.15, -0.1) is 0 Å². The number of carboxylic acid groups (broad SMARTS) is 1. The average molecular weight is 293 g/mol. The summed E-state index contributed by atoms with van der Waals surface area (Å²) in [5.41, 5.74) is -0.0237. The van der Waals surface area contributed by atoms with Gasteiger partial charge in [-0.25, -0.2) is 0 Å². The number of hydrogen-bond acceptors (Lipinski definition) is 2. The molecule has 4 unspecified atom stereocenters. The molecule has 21 heavy (non-hydrogen) atoms. The molecule has 0 radical (unpaired) electrons. The Kier molecular flexibility index (Phi) is 3.74. The monoisotopic (exact) mass is 293 g/mol. The van der Waals surface area contributed by atoms with Crippen molar-refractivity contribution in [3.63, 3.8) is 0 Å². The van der Waals surface area contributed by atoms with Crippen LogP contribution in [0, 0.1) is 35.0 Å². The zero-order chi connectivity index (χ0) is 15.2. The molecule has 0 aromatic heterocycles. The van der Waals surface area contributed by atoms with E-state index in [4.69, 9.17) is 5.11 Å². The summed E-state index contributed by atoms with van der Waals surface area (Å²) in [7, 11) is 0. The van der Waals surface area contributed by atoms with Crippen LogP contribution in [-0.4, -0.2) is 23.5 Å². The Hall–Kier alpha value is -1.06. The second kappa shape index (κ2) is 5.29. The van der Waals surface area contributed by atoms with E-state index in [0.29, 0.717) is 30.7 Å². The van der Waals surface area contributed by atoms with E-state index < -0.39 is 5.97 Å². The number of carbonyl (C=O) groups excluding carboxylic acids is 1. The maximum atomic E-state index is 12.3. The van der Waals surface area contributed by atoms with Crippen LogP contribution in [0.2, 0.25) is 0 Å². The molecule has 2 bridgehead atoms. The maximum absolute atomic E-state index is 12.3. The van der Waals surface area contributed by atoms with Crippen molar-refractivity contribution in [3.8, 4) is 0 Å².